The smallest absolute Gasteiger partial charge is 0.223 e. The molecule has 3 nitrogen and oxygen atoms in total. The lowest BCUT2D eigenvalue weighted by Gasteiger charge is -2.25. The van der Waals surface area contributed by atoms with Crippen molar-refractivity contribution in [2.75, 3.05) is 0 Å². The van der Waals surface area contributed by atoms with Crippen LogP contribution >= 0.6 is 0 Å². The summed E-state index contributed by atoms with van der Waals surface area (Å²) in [6, 6.07) is 14.0. The molecule has 100 valence electrons. The van der Waals surface area contributed by atoms with E-state index in [0.29, 0.717) is 6.42 Å². The average molecular weight is 256 g/mol. The van der Waals surface area contributed by atoms with Crippen LogP contribution < -0.4 is 11.5 Å². The number of hydrogen-bond acceptors (Lipinski definition) is 2. The summed E-state index contributed by atoms with van der Waals surface area (Å²) in [4.78, 5) is 11.4. The minimum Gasteiger partial charge on any atom is -0.369 e. The van der Waals surface area contributed by atoms with Gasteiger partial charge in [-0.2, -0.15) is 0 Å². The molecular formula is C16H20N2O. The highest BCUT2D eigenvalue weighted by molar-refractivity contribution is 5.86. The van der Waals surface area contributed by atoms with Gasteiger partial charge in [0.05, 0.1) is 0 Å². The molecule has 4 N–H and O–H groups in total. The van der Waals surface area contributed by atoms with Crippen LogP contribution in [-0.4, -0.2) is 5.91 Å². The molecule has 0 spiro atoms. The summed E-state index contributed by atoms with van der Waals surface area (Å²) in [5, 5.41) is 2.30. The van der Waals surface area contributed by atoms with Crippen LogP contribution in [0, 0.1) is 5.41 Å². The molecule has 0 aliphatic heterocycles. The van der Waals surface area contributed by atoms with Crippen LogP contribution in [-0.2, 0) is 4.79 Å². The van der Waals surface area contributed by atoms with Crippen molar-refractivity contribution in [2.45, 2.75) is 26.3 Å². The van der Waals surface area contributed by atoms with Gasteiger partial charge in [-0.1, -0.05) is 56.3 Å². The van der Waals surface area contributed by atoms with E-state index < -0.39 is 5.41 Å². The molecule has 2 aromatic carbocycles. The summed E-state index contributed by atoms with van der Waals surface area (Å²) in [5.74, 6) is -0.316. The van der Waals surface area contributed by atoms with Crippen LogP contribution in [0.1, 0.15) is 31.9 Å². The first-order valence-electron chi connectivity index (χ1n) is 6.45. The first kappa shape index (κ1) is 13.6. The minimum absolute atomic E-state index is 0.200. The standard InChI is InChI=1S/C16H20N2O/c1-16(2,15(18)19)10-14(17)13-9-5-7-11-6-3-4-8-12(11)13/h3-9,14H,10,17H2,1-2H3,(H2,18,19). The molecule has 0 aliphatic carbocycles. The maximum absolute atomic E-state index is 11.4. The minimum atomic E-state index is -0.601. The van der Waals surface area contributed by atoms with E-state index in [2.05, 4.69) is 18.2 Å². The van der Waals surface area contributed by atoms with Crippen molar-refractivity contribution in [2.24, 2.45) is 16.9 Å². The van der Waals surface area contributed by atoms with Crippen molar-refractivity contribution in [3.8, 4) is 0 Å². The maximum atomic E-state index is 11.4. The van der Waals surface area contributed by atoms with Gasteiger partial charge >= 0.3 is 0 Å². The molecule has 2 rings (SSSR count). The van der Waals surface area contributed by atoms with E-state index in [1.54, 1.807) is 0 Å². The van der Waals surface area contributed by atoms with Gasteiger partial charge in [0, 0.05) is 11.5 Å². The summed E-state index contributed by atoms with van der Waals surface area (Å²) >= 11 is 0. The predicted octanol–water partition coefficient (Wildman–Crippen LogP) is 2.74. The second-order valence-electron chi connectivity index (χ2n) is 5.63. The Kier molecular flexibility index (Phi) is 3.58. The number of nitrogens with two attached hydrogens (primary N) is 2. The number of carbonyl (C=O) groups is 1. The van der Waals surface area contributed by atoms with Crippen molar-refractivity contribution in [3.63, 3.8) is 0 Å². The van der Waals surface area contributed by atoms with Gasteiger partial charge in [-0.15, -0.1) is 0 Å². The predicted molar refractivity (Wildman–Crippen MR) is 78.5 cm³/mol. The Labute approximate surface area is 113 Å². The largest absolute Gasteiger partial charge is 0.369 e. The summed E-state index contributed by atoms with van der Waals surface area (Å²) in [5.41, 5.74) is 12.2. The molecule has 0 fully saturated rings. The van der Waals surface area contributed by atoms with Gasteiger partial charge in [0.2, 0.25) is 5.91 Å². The van der Waals surface area contributed by atoms with Crippen molar-refractivity contribution < 1.29 is 4.79 Å². The lowest BCUT2D eigenvalue weighted by atomic mass is 9.82. The van der Waals surface area contributed by atoms with Crippen molar-refractivity contribution >= 4 is 16.7 Å². The van der Waals surface area contributed by atoms with E-state index in [1.165, 1.54) is 0 Å². The molecule has 0 aliphatic rings. The molecule has 1 atom stereocenters. The van der Waals surface area contributed by atoms with Gasteiger partial charge < -0.3 is 11.5 Å². The van der Waals surface area contributed by atoms with E-state index in [9.17, 15) is 4.79 Å². The van der Waals surface area contributed by atoms with Crippen molar-refractivity contribution in [3.05, 3.63) is 48.0 Å². The Balaban J connectivity index is 2.37. The van der Waals surface area contributed by atoms with Crippen LogP contribution in [0.4, 0.5) is 0 Å². The highest BCUT2D eigenvalue weighted by Gasteiger charge is 2.28. The Bertz CT molecular complexity index is 599. The fourth-order valence-corrected chi connectivity index (χ4v) is 2.33. The zero-order chi connectivity index (χ0) is 14.0. The third kappa shape index (κ3) is 2.76. The lowest BCUT2D eigenvalue weighted by Crippen LogP contribution is -2.34. The quantitative estimate of drug-likeness (QED) is 0.883. The number of benzene rings is 2. The normalized spacial score (nSPS) is 13.4. The Morgan fingerprint density at radius 3 is 2.47 bits per heavy atom. The van der Waals surface area contributed by atoms with Gasteiger partial charge in [-0.3, -0.25) is 4.79 Å². The van der Waals surface area contributed by atoms with Gasteiger partial charge in [-0.25, -0.2) is 0 Å². The molecule has 0 heterocycles. The second-order valence-corrected chi connectivity index (χ2v) is 5.63. The van der Waals surface area contributed by atoms with Crippen molar-refractivity contribution in [1.29, 1.82) is 0 Å². The van der Waals surface area contributed by atoms with Crippen LogP contribution in [0.25, 0.3) is 10.8 Å². The second kappa shape index (κ2) is 5.02. The molecular weight excluding hydrogens is 236 g/mol. The zero-order valence-electron chi connectivity index (χ0n) is 11.4. The average Bonchev–Trinajstić information content (AvgIpc) is 2.37. The summed E-state index contributed by atoms with van der Waals surface area (Å²) in [6.07, 6.45) is 0.538. The van der Waals surface area contributed by atoms with Crippen molar-refractivity contribution in [1.82, 2.24) is 0 Å². The van der Waals surface area contributed by atoms with Gasteiger partial charge in [-0.05, 0) is 22.8 Å². The molecule has 19 heavy (non-hydrogen) atoms. The van der Waals surface area contributed by atoms with E-state index in [0.717, 1.165) is 16.3 Å². The van der Waals surface area contributed by atoms with E-state index >= 15 is 0 Å². The van der Waals surface area contributed by atoms with Crippen LogP contribution in [0.15, 0.2) is 42.5 Å². The van der Waals surface area contributed by atoms with E-state index in [-0.39, 0.29) is 11.9 Å². The number of primary amides is 1. The summed E-state index contributed by atoms with van der Waals surface area (Å²) in [7, 11) is 0. The summed E-state index contributed by atoms with van der Waals surface area (Å²) < 4.78 is 0. The number of rotatable bonds is 4. The van der Waals surface area contributed by atoms with E-state index in [1.807, 2.05) is 38.1 Å². The Morgan fingerprint density at radius 1 is 1.16 bits per heavy atom. The molecule has 3 heteroatoms. The third-order valence-electron chi connectivity index (χ3n) is 3.62. The zero-order valence-corrected chi connectivity index (χ0v) is 11.4. The SMILES string of the molecule is CC(C)(CC(N)c1cccc2ccccc12)C(N)=O. The topological polar surface area (TPSA) is 69.1 Å². The highest BCUT2D eigenvalue weighted by atomic mass is 16.1. The Hall–Kier alpha value is -1.87. The van der Waals surface area contributed by atoms with Crippen LogP contribution in [0.5, 0.6) is 0 Å². The fourth-order valence-electron chi connectivity index (χ4n) is 2.33. The molecule has 0 bridgehead atoms. The van der Waals surface area contributed by atoms with Crippen LogP contribution in [0.3, 0.4) is 0 Å². The first-order chi connectivity index (χ1) is 8.92. The molecule has 0 saturated carbocycles. The number of carbonyl (C=O) groups excluding carboxylic acids is 1. The highest BCUT2D eigenvalue weighted by Crippen LogP contribution is 2.31. The molecule has 0 aromatic heterocycles. The van der Waals surface area contributed by atoms with Gasteiger partial charge in [0.15, 0.2) is 0 Å². The molecule has 1 unspecified atom stereocenters. The molecule has 1 amide bonds. The number of hydrogen-bond donors (Lipinski definition) is 2. The van der Waals surface area contributed by atoms with Gasteiger partial charge in [0.25, 0.3) is 0 Å². The lowest BCUT2D eigenvalue weighted by molar-refractivity contribution is -0.126. The Morgan fingerprint density at radius 2 is 1.79 bits per heavy atom. The number of amides is 1. The monoisotopic (exact) mass is 256 g/mol. The fraction of sp³-hybridized carbons (Fsp3) is 0.312. The molecule has 2 aromatic rings. The first-order valence-corrected chi connectivity index (χ1v) is 6.45. The molecule has 0 saturated heterocycles. The van der Waals surface area contributed by atoms with Gasteiger partial charge in [0.1, 0.15) is 0 Å². The maximum Gasteiger partial charge on any atom is 0.223 e. The third-order valence-corrected chi connectivity index (χ3v) is 3.62. The van der Waals surface area contributed by atoms with Crippen LogP contribution in [0.2, 0.25) is 0 Å². The van der Waals surface area contributed by atoms with E-state index in [4.69, 9.17) is 11.5 Å². The number of fused-ring (bicyclic) bond motifs is 1. The summed E-state index contributed by atoms with van der Waals surface area (Å²) in [6.45, 7) is 3.67. The molecule has 0 radical (unpaired) electrons.